The molecule has 0 atom stereocenters. The van der Waals surface area contributed by atoms with Crippen molar-refractivity contribution >= 4 is 11.3 Å². The van der Waals surface area contributed by atoms with Crippen LogP contribution in [0.4, 0.5) is 4.39 Å². The first kappa shape index (κ1) is 12.6. The molecular weight excluding hydrogens is 251 g/mol. The Morgan fingerprint density at radius 3 is 2.78 bits per heavy atom. The summed E-state index contributed by atoms with van der Waals surface area (Å²) in [6.07, 6.45) is 0. The second-order valence-corrected chi connectivity index (χ2v) is 4.50. The van der Waals surface area contributed by atoms with Crippen molar-refractivity contribution in [2.75, 3.05) is 6.61 Å². The molecule has 0 radical (unpaired) electrons. The van der Waals surface area contributed by atoms with Crippen LogP contribution in [-0.4, -0.2) is 11.7 Å². The largest absolute Gasteiger partial charge is 0.488 e. The number of halogens is 1. The molecule has 0 saturated carbocycles. The van der Waals surface area contributed by atoms with Crippen LogP contribution in [0.25, 0.3) is 0 Å². The lowest BCUT2D eigenvalue weighted by molar-refractivity contribution is 0.309. The normalized spacial score (nSPS) is 9.67. The average molecular weight is 262 g/mol. The maximum absolute atomic E-state index is 12.7. The molecule has 4 heteroatoms. The van der Waals surface area contributed by atoms with Gasteiger partial charge >= 0.3 is 0 Å². The molecule has 2 aromatic rings. The minimum absolute atomic E-state index is 0.142. The molecule has 0 aliphatic heterocycles. The molecule has 0 aliphatic carbocycles. The van der Waals surface area contributed by atoms with Crippen molar-refractivity contribution in [3.8, 4) is 17.6 Å². The third-order valence-corrected chi connectivity index (χ3v) is 3.07. The maximum atomic E-state index is 12.7. The van der Waals surface area contributed by atoms with Gasteiger partial charge in [0, 0.05) is 15.8 Å². The summed E-state index contributed by atoms with van der Waals surface area (Å²) in [4.78, 5) is 1.03. The van der Waals surface area contributed by atoms with Gasteiger partial charge in [-0.2, -0.15) is 0 Å². The number of hydrogen-bond donors (Lipinski definition) is 1. The zero-order chi connectivity index (χ0) is 12.8. The first-order chi connectivity index (χ1) is 8.78. The van der Waals surface area contributed by atoms with Gasteiger partial charge in [-0.15, -0.1) is 11.3 Å². The summed E-state index contributed by atoms with van der Waals surface area (Å²) < 4.78 is 18.2. The number of aliphatic hydroxyl groups excluding tert-OH is 1. The Hall–Kier alpha value is -1.83. The zero-order valence-corrected chi connectivity index (χ0v) is 10.3. The first-order valence-electron chi connectivity index (χ1n) is 5.33. The SMILES string of the molecule is OCC#Cc1csc(COc2ccc(F)cc2)c1. The predicted octanol–water partition coefficient (Wildman–Crippen LogP) is 2.81. The Kier molecular flexibility index (Phi) is 4.35. The highest BCUT2D eigenvalue weighted by molar-refractivity contribution is 7.10. The van der Waals surface area contributed by atoms with E-state index in [9.17, 15) is 4.39 Å². The summed E-state index contributed by atoms with van der Waals surface area (Å²) in [5.41, 5.74) is 0.867. The van der Waals surface area contributed by atoms with Gasteiger partial charge in [-0.05, 0) is 30.3 Å². The number of aliphatic hydroxyl groups is 1. The molecule has 1 heterocycles. The second-order valence-electron chi connectivity index (χ2n) is 3.50. The number of ether oxygens (including phenoxy) is 1. The van der Waals surface area contributed by atoms with Crippen molar-refractivity contribution in [1.29, 1.82) is 0 Å². The highest BCUT2D eigenvalue weighted by Gasteiger charge is 2.00. The molecule has 18 heavy (non-hydrogen) atoms. The van der Waals surface area contributed by atoms with Crippen LogP contribution in [0.1, 0.15) is 10.4 Å². The molecule has 2 rings (SSSR count). The van der Waals surface area contributed by atoms with E-state index in [0.717, 1.165) is 10.4 Å². The van der Waals surface area contributed by atoms with Crippen LogP contribution in [0, 0.1) is 17.7 Å². The predicted molar refractivity (Wildman–Crippen MR) is 69.0 cm³/mol. The molecule has 1 aromatic carbocycles. The van der Waals surface area contributed by atoms with E-state index >= 15 is 0 Å². The van der Waals surface area contributed by atoms with E-state index in [0.29, 0.717) is 12.4 Å². The highest BCUT2D eigenvalue weighted by Crippen LogP contribution is 2.18. The third-order valence-electron chi connectivity index (χ3n) is 2.16. The van der Waals surface area contributed by atoms with Crippen LogP contribution >= 0.6 is 11.3 Å². The standard InChI is InChI=1S/C14H11FO2S/c15-12-3-5-13(6-4-12)17-9-14-8-11(10-18-14)2-1-7-16/h3-6,8,10,16H,7,9H2. The molecule has 1 aromatic heterocycles. The fourth-order valence-corrected chi connectivity index (χ4v) is 2.08. The van der Waals surface area contributed by atoms with Crippen molar-refractivity contribution in [1.82, 2.24) is 0 Å². The highest BCUT2D eigenvalue weighted by atomic mass is 32.1. The summed E-state index contributed by atoms with van der Waals surface area (Å²) in [6.45, 7) is 0.286. The fraction of sp³-hybridized carbons (Fsp3) is 0.143. The van der Waals surface area contributed by atoms with Gasteiger partial charge in [0.1, 0.15) is 24.8 Å². The Labute approximate surface area is 109 Å². The summed E-state index contributed by atoms with van der Waals surface area (Å²) in [7, 11) is 0. The second kappa shape index (κ2) is 6.20. The lowest BCUT2D eigenvalue weighted by Crippen LogP contribution is -1.92. The molecular formula is C14H11FO2S. The van der Waals surface area contributed by atoms with Crippen LogP contribution < -0.4 is 4.74 Å². The van der Waals surface area contributed by atoms with Crippen molar-refractivity contribution in [3.05, 3.63) is 52.0 Å². The minimum atomic E-state index is -0.278. The van der Waals surface area contributed by atoms with Crippen LogP contribution in [-0.2, 0) is 6.61 Å². The topological polar surface area (TPSA) is 29.5 Å². The van der Waals surface area contributed by atoms with E-state index in [2.05, 4.69) is 11.8 Å². The lowest BCUT2D eigenvalue weighted by Gasteiger charge is -2.03. The van der Waals surface area contributed by atoms with Crippen molar-refractivity contribution in [2.24, 2.45) is 0 Å². The molecule has 1 N–H and O–H groups in total. The van der Waals surface area contributed by atoms with E-state index in [-0.39, 0.29) is 12.4 Å². The van der Waals surface area contributed by atoms with Gasteiger partial charge in [0.2, 0.25) is 0 Å². The summed E-state index contributed by atoms with van der Waals surface area (Å²) in [5.74, 6) is 5.77. The average Bonchev–Trinajstić information content (AvgIpc) is 2.84. The van der Waals surface area contributed by atoms with Gasteiger partial charge in [0.25, 0.3) is 0 Å². The Morgan fingerprint density at radius 1 is 1.28 bits per heavy atom. The molecule has 0 fully saturated rings. The molecule has 0 spiro atoms. The van der Waals surface area contributed by atoms with Crippen molar-refractivity contribution in [2.45, 2.75) is 6.61 Å². The molecule has 2 nitrogen and oxygen atoms in total. The third kappa shape index (κ3) is 3.59. The lowest BCUT2D eigenvalue weighted by atomic mass is 10.3. The Morgan fingerprint density at radius 2 is 2.06 bits per heavy atom. The molecule has 92 valence electrons. The first-order valence-corrected chi connectivity index (χ1v) is 6.21. The quantitative estimate of drug-likeness (QED) is 0.862. The van der Waals surface area contributed by atoms with Gasteiger partial charge in [-0.3, -0.25) is 0 Å². The van der Waals surface area contributed by atoms with E-state index in [4.69, 9.17) is 9.84 Å². The molecule has 0 aliphatic rings. The number of thiophene rings is 1. The number of rotatable bonds is 3. The van der Waals surface area contributed by atoms with Crippen LogP contribution in [0.2, 0.25) is 0 Å². The smallest absolute Gasteiger partial charge is 0.123 e. The summed E-state index contributed by atoms with van der Waals surface area (Å²) >= 11 is 1.54. The van der Waals surface area contributed by atoms with E-state index in [1.54, 1.807) is 12.1 Å². The molecule has 0 bridgehead atoms. The Bertz CT molecular complexity index is 563. The summed E-state index contributed by atoms with van der Waals surface area (Å²) in [6, 6.07) is 7.82. The van der Waals surface area contributed by atoms with Gasteiger partial charge in [0.05, 0.1) is 0 Å². The zero-order valence-electron chi connectivity index (χ0n) is 9.52. The minimum Gasteiger partial charge on any atom is -0.488 e. The van der Waals surface area contributed by atoms with Gasteiger partial charge in [0.15, 0.2) is 0 Å². The van der Waals surface area contributed by atoms with Gasteiger partial charge in [-0.1, -0.05) is 11.8 Å². The monoisotopic (exact) mass is 262 g/mol. The maximum Gasteiger partial charge on any atom is 0.123 e. The summed E-state index contributed by atoms with van der Waals surface area (Å²) in [5, 5.41) is 10.5. The molecule has 0 saturated heterocycles. The van der Waals surface area contributed by atoms with Crippen molar-refractivity contribution in [3.63, 3.8) is 0 Å². The fourth-order valence-electron chi connectivity index (χ4n) is 1.35. The van der Waals surface area contributed by atoms with Crippen LogP contribution in [0.5, 0.6) is 5.75 Å². The van der Waals surface area contributed by atoms with Crippen LogP contribution in [0.15, 0.2) is 35.7 Å². The van der Waals surface area contributed by atoms with Gasteiger partial charge in [-0.25, -0.2) is 4.39 Å². The Balaban J connectivity index is 1.94. The van der Waals surface area contributed by atoms with E-state index in [1.165, 1.54) is 23.5 Å². The van der Waals surface area contributed by atoms with Crippen LogP contribution in [0.3, 0.4) is 0 Å². The van der Waals surface area contributed by atoms with E-state index in [1.807, 2.05) is 11.4 Å². The number of hydrogen-bond acceptors (Lipinski definition) is 3. The van der Waals surface area contributed by atoms with E-state index < -0.39 is 0 Å². The van der Waals surface area contributed by atoms with Crippen molar-refractivity contribution < 1.29 is 14.2 Å². The number of benzene rings is 1. The van der Waals surface area contributed by atoms with Gasteiger partial charge < -0.3 is 9.84 Å². The molecule has 0 unspecified atom stereocenters. The molecule has 0 amide bonds.